The zero-order valence-electron chi connectivity index (χ0n) is 26.1. The van der Waals surface area contributed by atoms with Gasteiger partial charge in [-0.2, -0.15) is 0 Å². The SMILES string of the molecule is CC(C)(C)c1ccnc(-n2c3cc(-n4c5ccccc5c5ccc(-c6ccccn6)cc54)ccc3c3cc4ccccc4cc32)c1. The molecule has 0 saturated carbocycles. The third-order valence-electron chi connectivity index (χ3n) is 9.35. The molecule has 0 unspecified atom stereocenters. The predicted octanol–water partition coefficient (Wildman–Crippen LogP) is 10.8. The van der Waals surface area contributed by atoms with Crippen molar-refractivity contribution in [3.8, 4) is 22.8 Å². The summed E-state index contributed by atoms with van der Waals surface area (Å²) in [7, 11) is 0. The lowest BCUT2D eigenvalue weighted by molar-refractivity contribution is 0.588. The number of hydrogen-bond acceptors (Lipinski definition) is 2. The summed E-state index contributed by atoms with van der Waals surface area (Å²) in [6.45, 7) is 6.77. The molecule has 0 saturated heterocycles. The smallest absolute Gasteiger partial charge is 0.137 e. The molecule has 0 N–H and O–H groups in total. The fraction of sp³-hybridized carbons (Fsp3) is 0.0952. The quantitative estimate of drug-likeness (QED) is 0.205. The molecule has 9 aromatic rings. The van der Waals surface area contributed by atoms with Crippen LogP contribution in [-0.4, -0.2) is 19.1 Å². The predicted molar refractivity (Wildman–Crippen MR) is 192 cm³/mol. The number of hydrogen-bond donors (Lipinski definition) is 0. The molecule has 9 rings (SSSR count). The molecule has 4 aromatic heterocycles. The Labute approximate surface area is 267 Å². The first-order valence-corrected chi connectivity index (χ1v) is 15.8. The third kappa shape index (κ3) is 4.07. The van der Waals surface area contributed by atoms with E-state index >= 15 is 0 Å². The highest BCUT2D eigenvalue weighted by Gasteiger charge is 2.20. The van der Waals surface area contributed by atoms with Gasteiger partial charge < -0.3 is 4.57 Å². The molecule has 0 bridgehead atoms. The van der Waals surface area contributed by atoms with E-state index in [0.717, 1.165) is 39.3 Å². The molecule has 5 aromatic carbocycles. The summed E-state index contributed by atoms with van der Waals surface area (Å²) >= 11 is 0. The molecular formula is C42H32N4. The third-order valence-corrected chi connectivity index (χ3v) is 9.35. The summed E-state index contributed by atoms with van der Waals surface area (Å²) in [4.78, 5) is 9.61. The summed E-state index contributed by atoms with van der Waals surface area (Å²) < 4.78 is 4.75. The first kappa shape index (κ1) is 26.6. The topological polar surface area (TPSA) is 35.6 Å². The van der Waals surface area contributed by atoms with E-state index in [1.165, 1.54) is 43.4 Å². The van der Waals surface area contributed by atoms with Gasteiger partial charge in [0.15, 0.2) is 0 Å². The average molecular weight is 593 g/mol. The summed E-state index contributed by atoms with van der Waals surface area (Å²) in [5.74, 6) is 0.930. The minimum Gasteiger partial charge on any atom is -0.309 e. The maximum absolute atomic E-state index is 4.96. The van der Waals surface area contributed by atoms with Crippen LogP contribution in [-0.2, 0) is 5.41 Å². The van der Waals surface area contributed by atoms with Gasteiger partial charge in [0.25, 0.3) is 0 Å². The standard InChI is InChI=1S/C42H32N4/c1-42(2,3)30-19-21-44-41(25-30)46-39-23-28-11-5-4-10-27(28)22-35(39)34-18-16-31(26-40(34)46)45-37-14-7-6-12-32(37)33-17-15-29(24-38(33)45)36-13-8-9-20-43-36/h4-26H,1-3H3. The molecule has 0 atom stereocenters. The Kier molecular flexibility index (Phi) is 5.72. The maximum Gasteiger partial charge on any atom is 0.137 e. The van der Waals surface area contributed by atoms with Crippen molar-refractivity contribution >= 4 is 54.4 Å². The van der Waals surface area contributed by atoms with Crippen molar-refractivity contribution in [2.75, 3.05) is 0 Å². The Hall–Kier alpha value is -5.74. The Bertz CT molecular complexity index is 2620. The second-order valence-corrected chi connectivity index (χ2v) is 13.2. The maximum atomic E-state index is 4.96. The summed E-state index contributed by atoms with van der Waals surface area (Å²) in [5, 5.41) is 7.35. The molecule has 0 aliphatic carbocycles. The van der Waals surface area contributed by atoms with Gasteiger partial charge in [-0.3, -0.25) is 9.55 Å². The largest absolute Gasteiger partial charge is 0.309 e. The van der Waals surface area contributed by atoms with Crippen LogP contribution in [0.4, 0.5) is 0 Å². The number of fused-ring (bicyclic) bond motifs is 7. The lowest BCUT2D eigenvalue weighted by Crippen LogP contribution is -2.12. The van der Waals surface area contributed by atoms with Crippen molar-refractivity contribution < 1.29 is 0 Å². The molecule has 0 spiro atoms. The van der Waals surface area contributed by atoms with E-state index in [0.29, 0.717) is 0 Å². The molecule has 4 heterocycles. The Balaban J connectivity index is 1.37. The summed E-state index contributed by atoms with van der Waals surface area (Å²) in [6.07, 6.45) is 3.80. The second kappa shape index (κ2) is 9.88. The van der Waals surface area contributed by atoms with E-state index < -0.39 is 0 Å². The van der Waals surface area contributed by atoms with Gasteiger partial charge in [-0.25, -0.2) is 4.98 Å². The lowest BCUT2D eigenvalue weighted by Gasteiger charge is -2.20. The number of para-hydroxylation sites is 1. The summed E-state index contributed by atoms with van der Waals surface area (Å²) in [5.41, 5.74) is 9.06. The number of rotatable bonds is 3. The van der Waals surface area contributed by atoms with Gasteiger partial charge in [-0.15, -0.1) is 0 Å². The fourth-order valence-electron chi connectivity index (χ4n) is 7.03. The minimum atomic E-state index is 0.00258. The number of benzene rings is 5. The van der Waals surface area contributed by atoms with Crippen LogP contribution in [0, 0.1) is 0 Å². The van der Waals surface area contributed by atoms with E-state index in [4.69, 9.17) is 4.98 Å². The van der Waals surface area contributed by atoms with Crippen molar-refractivity contribution in [2.45, 2.75) is 26.2 Å². The molecule has 4 heteroatoms. The van der Waals surface area contributed by atoms with Crippen LogP contribution in [0.5, 0.6) is 0 Å². The molecular weight excluding hydrogens is 560 g/mol. The highest BCUT2D eigenvalue weighted by Crippen LogP contribution is 2.39. The molecule has 4 nitrogen and oxygen atoms in total. The van der Waals surface area contributed by atoms with E-state index in [9.17, 15) is 0 Å². The van der Waals surface area contributed by atoms with E-state index in [1.807, 2.05) is 24.5 Å². The van der Waals surface area contributed by atoms with Gasteiger partial charge in [-0.05, 0) is 82.4 Å². The summed E-state index contributed by atoms with van der Waals surface area (Å²) in [6, 6.07) is 46.0. The molecule has 0 radical (unpaired) electrons. The van der Waals surface area contributed by atoms with E-state index in [2.05, 4.69) is 150 Å². The Morgan fingerprint density at radius 1 is 0.478 bits per heavy atom. The van der Waals surface area contributed by atoms with Crippen LogP contribution in [0.2, 0.25) is 0 Å². The normalized spacial score (nSPS) is 12.2. The first-order chi connectivity index (χ1) is 22.4. The molecule has 0 aliphatic rings. The lowest BCUT2D eigenvalue weighted by atomic mass is 9.88. The van der Waals surface area contributed by atoms with Crippen molar-refractivity contribution in [1.82, 2.24) is 19.1 Å². The van der Waals surface area contributed by atoms with Crippen LogP contribution >= 0.6 is 0 Å². The minimum absolute atomic E-state index is 0.00258. The molecule has 220 valence electrons. The van der Waals surface area contributed by atoms with Crippen molar-refractivity contribution in [3.63, 3.8) is 0 Å². The van der Waals surface area contributed by atoms with E-state index in [1.54, 1.807) is 0 Å². The number of aromatic nitrogens is 4. The zero-order chi connectivity index (χ0) is 31.0. The number of nitrogens with zero attached hydrogens (tertiary/aromatic N) is 4. The molecule has 0 amide bonds. The monoisotopic (exact) mass is 592 g/mol. The Morgan fingerprint density at radius 2 is 1.17 bits per heavy atom. The second-order valence-electron chi connectivity index (χ2n) is 13.2. The zero-order valence-corrected chi connectivity index (χ0v) is 26.1. The van der Waals surface area contributed by atoms with Gasteiger partial charge in [0.05, 0.1) is 27.8 Å². The van der Waals surface area contributed by atoms with Gasteiger partial charge in [0.1, 0.15) is 5.82 Å². The van der Waals surface area contributed by atoms with Crippen molar-refractivity contribution in [1.29, 1.82) is 0 Å². The molecule has 0 fully saturated rings. The van der Waals surface area contributed by atoms with Crippen LogP contribution < -0.4 is 0 Å². The van der Waals surface area contributed by atoms with Crippen LogP contribution in [0.15, 0.2) is 140 Å². The van der Waals surface area contributed by atoms with Gasteiger partial charge in [0, 0.05) is 45.2 Å². The van der Waals surface area contributed by atoms with Crippen molar-refractivity contribution in [2.24, 2.45) is 0 Å². The van der Waals surface area contributed by atoms with Gasteiger partial charge in [0.2, 0.25) is 0 Å². The van der Waals surface area contributed by atoms with E-state index in [-0.39, 0.29) is 5.41 Å². The van der Waals surface area contributed by atoms with Gasteiger partial charge >= 0.3 is 0 Å². The number of pyridine rings is 2. The average Bonchev–Trinajstić information content (AvgIpc) is 3.58. The highest BCUT2D eigenvalue weighted by molar-refractivity contribution is 6.15. The van der Waals surface area contributed by atoms with Crippen LogP contribution in [0.25, 0.3) is 77.1 Å². The fourth-order valence-corrected chi connectivity index (χ4v) is 7.03. The van der Waals surface area contributed by atoms with Crippen LogP contribution in [0.3, 0.4) is 0 Å². The Morgan fingerprint density at radius 3 is 2.00 bits per heavy atom. The highest BCUT2D eigenvalue weighted by atomic mass is 15.1. The first-order valence-electron chi connectivity index (χ1n) is 15.8. The van der Waals surface area contributed by atoms with Gasteiger partial charge in [-0.1, -0.05) is 87.5 Å². The van der Waals surface area contributed by atoms with Crippen molar-refractivity contribution in [3.05, 3.63) is 145 Å². The molecule has 0 aliphatic heterocycles. The van der Waals surface area contributed by atoms with Crippen LogP contribution in [0.1, 0.15) is 26.3 Å². The molecule has 46 heavy (non-hydrogen) atoms.